The van der Waals surface area contributed by atoms with Crippen LogP contribution in [-0.2, 0) is 11.3 Å². The molecule has 2 aromatic carbocycles. The molecule has 6 nitrogen and oxygen atoms in total. The first-order chi connectivity index (χ1) is 15.8. The first kappa shape index (κ1) is 22.4. The molecule has 2 amide bonds. The summed E-state index contributed by atoms with van der Waals surface area (Å²) in [5.41, 5.74) is 3.56. The molecule has 0 N–H and O–H groups in total. The van der Waals surface area contributed by atoms with E-state index in [0.717, 1.165) is 16.7 Å². The highest BCUT2D eigenvalue weighted by Gasteiger charge is 2.42. The van der Waals surface area contributed by atoms with Crippen LogP contribution in [0.25, 0.3) is 0 Å². The van der Waals surface area contributed by atoms with Gasteiger partial charge in [0.15, 0.2) is 0 Å². The number of rotatable bonds is 6. The zero-order chi connectivity index (χ0) is 23.7. The molecule has 4 rings (SSSR count). The van der Waals surface area contributed by atoms with E-state index in [9.17, 15) is 14.4 Å². The van der Waals surface area contributed by atoms with Crippen molar-refractivity contribution in [2.24, 2.45) is 0 Å². The van der Waals surface area contributed by atoms with Crippen molar-refractivity contribution in [3.05, 3.63) is 94.3 Å². The van der Waals surface area contributed by atoms with E-state index in [1.54, 1.807) is 36.7 Å². The van der Waals surface area contributed by atoms with Gasteiger partial charge in [-0.15, -0.1) is 0 Å². The fourth-order valence-electron chi connectivity index (χ4n) is 4.14. The summed E-state index contributed by atoms with van der Waals surface area (Å²) in [6, 6.07) is 14.1. The van der Waals surface area contributed by atoms with Crippen molar-refractivity contribution in [2.45, 2.75) is 46.1 Å². The van der Waals surface area contributed by atoms with Crippen LogP contribution in [0.3, 0.4) is 0 Å². The van der Waals surface area contributed by atoms with Gasteiger partial charge in [-0.25, -0.2) is 9.69 Å². The molecular weight excluding hydrogens is 416 g/mol. The highest BCUT2D eigenvalue weighted by atomic mass is 16.5. The molecule has 0 fully saturated rings. The molecule has 0 saturated carbocycles. The number of imide groups is 1. The van der Waals surface area contributed by atoms with Crippen molar-refractivity contribution in [1.82, 2.24) is 4.98 Å². The maximum atomic E-state index is 13.6. The van der Waals surface area contributed by atoms with Crippen LogP contribution in [0.5, 0.6) is 0 Å². The largest absolute Gasteiger partial charge is 0.457 e. The molecule has 0 radical (unpaired) electrons. The monoisotopic (exact) mass is 442 g/mol. The lowest BCUT2D eigenvalue weighted by Gasteiger charge is -2.25. The van der Waals surface area contributed by atoms with Crippen molar-refractivity contribution in [2.75, 3.05) is 4.90 Å². The molecule has 0 atom stereocenters. The Morgan fingerprint density at radius 1 is 0.909 bits per heavy atom. The lowest BCUT2D eigenvalue weighted by molar-refractivity contribution is 0.0469. The number of aromatic nitrogens is 1. The van der Waals surface area contributed by atoms with Crippen LogP contribution >= 0.6 is 0 Å². The van der Waals surface area contributed by atoms with E-state index < -0.39 is 17.8 Å². The number of esters is 1. The number of pyridine rings is 1. The van der Waals surface area contributed by atoms with Crippen molar-refractivity contribution < 1.29 is 19.1 Å². The van der Waals surface area contributed by atoms with Gasteiger partial charge in [-0.05, 0) is 41.2 Å². The van der Waals surface area contributed by atoms with E-state index in [1.807, 2.05) is 45.9 Å². The fraction of sp³-hybridized carbons (Fsp3) is 0.259. The van der Waals surface area contributed by atoms with Crippen LogP contribution in [0, 0.1) is 0 Å². The zero-order valence-electron chi connectivity index (χ0n) is 19.2. The van der Waals surface area contributed by atoms with E-state index in [-0.39, 0.29) is 35.1 Å². The predicted octanol–water partition coefficient (Wildman–Crippen LogP) is 5.49. The number of nitrogens with zero attached hydrogens (tertiary/aromatic N) is 2. The minimum atomic E-state index is -0.653. The van der Waals surface area contributed by atoms with Gasteiger partial charge < -0.3 is 4.74 Å². The molecule has 0 unspecified atom stereocenters. The van der Waals surface area contributed by atoms with Crippen LogP contribution in [-0.4, -0.2) is 22.8 Å². The number of amides is 2. The maximum absolute atomic E-state index is 13.6. The summed E-state index contributed by atoms with van der Waals surface area (Å²) in [4.78, 5) is 45.2. The minimum absolute atomic E-state index is 0.0237. The normalized spacial score (nSPS) is 13.1. The number of benzene rings is 2. The highest BCUT2D eigenvalue weighted by Crippen LogP contribution is 2.40. The number of carbonyl (C=O) groups excluding carboxylic acids is 3. The predicted molar refractivity (Wildman–Crippen MR) is 126 cm³/mol. The van der Waals surface area contributed by atoms with Gasteiger partial charge in [0, 0.05) is 18.0 Å². The second-order valence-electron chi connectivity index (χ2n) is 8.71. The van der Waals surface area contributed by atoms with Crippen molar-refractivity contribution in [3.63, 3.8) is 0 Å². The Bertz CT molecular complexity index is 1210. The smallest absolute Gasteiger partial charge is 0.339 e. The fourth-order valence-corrected chi connectivity index (χ4v) is 4.14. The van der Waals surface area contributed by atoms with E-state index in [4.69, 9.17) is 4.74 Å². The third-order valence-corrected chi connectivity index (χ3v) is 5.79. The Kier molecular flexibility index (Phi) is 6.09. The van der Waals surface area contributed by atoms with Gasteiger partial charge in [0.25, 0.3) is 11.8 Å². The molecule has 1 aromatic heterocycles. The summed E-state index contributed by atoms with van der Waals surface area (Å²) in [7, 11) is 0. The van der Waals surface area contributed by atoms with Gasteiger partial charge in [0.2, 0.25) is 0 Å². The summed E-state index contributed by atoms with van der Waals surface area (Å²) in [5, 5.41) is 0. The molecule has 33 heavy (non-hydrogen) atoms. The standard InChI is InChI=1S/C27H26N2O4/c1-16(2)19-9-5-10-20(17(3)4)24(19)29-25(30)21-11-6-12-22(23(21)26(29)31)27(32)33-15-18-8-7-13-28-14-18/h5-14,16-17H,15H2,1-4H3. The Hall–Kier alpha value is -3.80. The number of para-hydroxylation sites is 1. The van der Waals surface area contributed by atoms with Crippen molar-refractivity contribution in [1.29, 1.82) is 0 Å². The SMILES string of the molecule is CC(C)c1cccc(C(C)C)c1N1C(=O)c2cccc(C(=O)OCc3cccnc3)c2C1=O. The van der Waals surface area contributed by atoms with E-state index in [2.05, 4.69) is 4.98 Å². The van der Waals surface area contributed by atoms with E-state index in [0.29, 0.717) is 5.69 Å². The number of carbonyl (C=O) groups is 3. The summed E-state index contributed by atoms with van der Waals surface area (Å²) >= 11 is 0. The summed E-state index contributed by atoms with van der Waals surface area (Å²) in [6.07, 6.45) is 3.24. The van der Waals surface area contributed by atoms with Gasteiger partial charge >= 0.3 is 5.97 Å². The van der Waals surface area contributed by atoms with Gasteiger partial charge in [-0.1, -0.05) is 58.0 Å². The summed E-state index contributed by atoms with van der Waals surface area (Å²) in [5.74, 6) is -1.37. The Morgan fingerprint density at radius 2 is 1.58 bits per heavy atom. The Labute approximate surface area is 193 Å². The molecule has 3 aromatic rings. The number of hydrogen-bond donors (Lipinski definition) is 0. The zero-order valence-corrected chi connectivity index (χ0v) is 19.2. The van der Waals surface area contributed by atoms with Gasteiger partial charge in [-0.2, -0.15) is 0 Å². The third kappa shape index (κ3) is 4.04. The lowest BCUT2D eigenvalue weighted by Crippen LogP contribution is -2.32. The van der Waals surface area contributed by atoms with Crippen LogP contribution < -0.4 is 4.90 Å². The van der Waals surface area contributed by atoms with E-state index >= 15 is 0 Å². The van der Waals surface area contributed by atoms with Crippen LogP contribution in [0.15, 0.2) is 60.9 Å². The van der Waals surface area contributed by atoms with Crippen molar-refractivity contribution >= 4 is 23.5 Å². The first-order valence-electron chi connectivity index (χ1n) is 11.0. The number of ether oxygens (including phenoxy) is 1. The quantitative estimate of drug-likeness (QED) is 0.373. The second kappa shape index (κ2) is 8.98. The van der Waals surface area contributed by atoms with Gasteiger partial charge in [0.05, 0.1) is 22.4 Å². The molecule has 168 valence electrons. The second-order valence-corrected chi connectivity index (χ2v) is 8.71. The van der Waals surface area contributed by atoms with Crippen LogP contribution in [0.2, 0.25) is 0 Å². The third-order valence-electron chi connectivity index (χ3n) is 5.79. The minimum Gasteiger partial charge on any atom is -0.457 e. The maximum Gasteiger partial charge on any atom is 0.339 e. The average molecular weight is 443 g/mol. The highest BCUT2D eigenvalue weighted by molar-refractivity contribution is 6.36. The van der Waals surface area contributed by atoms with Gasteiger partial charge in [-0.3, -0.25) is 14.6 Å². The molecule has 1 aliphatic heterocycles. The summed E-state index contributed by atoms with van der Waals surface area (Å²) < 4.78 is 5.43. The average Bonchev–Trinajstić information content (AvgIpc) is 3.07. The van der Waals surface area contributed by atoms with Gasteiger partial charge in [0.1, 0.15) is 6.61 Å². The van der Waals surface area contributed by atoms with E-state index in [1.165, 1.54) is 11.0 Å². The molecule has 0 saturated heterocycles. The van der Waals surface area contributed by atoms with Crippen molar-refractivity contribution in [3.8, 4) is 0 Å². The molecule has 0 bridgehead atoms. The first-order valence-corrected chi connectivity index (χ1v) is 11.0. The molecule has 0 spiro atoms. The van der Waals surface area contributed by atoms with Crippen LogP contribution in [0.1, 0.15) is 87.3 Å². The molecule has 0 aliphatic carbocycles. The Morgan fingerprint density at radius 3 is 2.18 bits per heavy atom. The molecule has 1 aliphatic rings. The Balaban J connectivity index is 1.74. The number of fused-ring (bicyclic) bond motifs is 1. The lowest BCUT2D eigenvalue weighted by atomic mass is 9.92. The topological polar surface area (TPSA) is 76.6 Å². The number of anilines is 1. The molecule has 2 heterocycles. The summed E-state index contributed by atoms with van der Waals surface area (Å²) in [6.45, 7) is 8.14. The van der Waals surface area contributed by atoms with Crippen LogP contribution in [0.4, 0.5) is 5.69 Å². The number of hydrogen-bond acceptors (Lipinski definition) is 5. The molecule has 6 heteroatoms. The molecular formula is C27H26N2O4.